The van der Waals surface area contributed by atoms with Crippen molar-refractivity contribution < 1.29 is 0 Å². The molecular formula is C24H31N7S. The van der Waals surface area contributed by atoms with E-state index in [-0.39, 0.29) is 0 Å². The van der Waals surface area contributed by atoms with Crippen molar-refractivity contribution >= 4 is 22.7 Å². The molecule has 168 valence electrons. The van der Waals surface area contributed by atoms with Crippen molar-refractivity contribution in [1.29, 1.82) is 0 Å². The van der Waals surface area contributed by atoms with E-state index in [0.29, 0.717) is 11.7 Å². The van der Waals surface area contributed by atoms with Crippen molar-refractivity contribution in [2.75, 3.05) is 18.8 Å². The Hall–Kier alpha value is -2.97. The number of nitrogens with zero attached hydrogens (tertiary/aromatic N) is 5. The number of likely N-dealkylation sites (tertiary alicyclic amines) is 1. The van der Waals surface area contributed by atoms with Crippen LogP contribution in [0.2, 0.25) is 0 Å². The van der Waals surface area contributed by atoms with Crippen LogP contribution in [0.1, 0.15) is 49.7 Å². The van der Waals surface area contributed by atoms with Gasteiger partial charge in [0, 0.05) is 36.4 Å². The zero-order valence-corrected chi connectivity index (χ0v) is 19.8. The van der Waals surface area contributed by atoms with Gasteiger partial charge in [-0.05, 0) is 58.3 Å². The van der Waals surface area contributed by atoms with E-state index in [9.17, 15) is 0 Å². The molecule has 0 unspecified atom stereocenters. The van der Waals surface area contributed by atoms with Gasteiger partial charge in [0.25, 0.3) is 0 Å². The molecule has 8 heteroatoms. The predicted molar refractivity (Wildman–Crippen MR) is 132 cm³/mol. The number of nitrogen functional groups attached to an aromatic ring is 1. The Morgan fingerprint density at radius 3 is 2.62 bits per heavy atom. The van der Waals surface area contributed by atoms with E-state index < -0.39 is 0 Å². The van der Waals surface area contributed by atoms with Crippen LogP contribution in [0.3, 0.4) is 0 Å². The summed E-state index contributed by atoms with van der Waals surface area (Å²) in [6.45, 7) is 9.10. The van der Waals surface area contributed by atoms with Crippen LogP contribution in [-0.4, -0.2) is 42.3 Å². The quantitative estimate of drug-likeness (QED) is 0.427. The maximum Gasteiger partial charge on any atom is 0.150 e. The Balaban J connectivity index is 0.000000567. The Bertz CT molecular complexity index is 1160. The zero-order chi connectivity index (χ0) is 22.5. The maximum atomic E-state index is 6.24. The molecule has 0 aromatic carbocycles. The third-order valence-electron chi connectivity index (χ3n) is 5.85. The van der Waals surface area contributed by atoms with Crippen molar-refractivity contribution in [2.24, 2.45) is 0 Å². The number of hydrogen-bond acceptors (Lipinski definition) is 6. The van der Waals surface area contributed by atoms with Crippen LogP contribution >= 0.6 is 11.3 Å². The second kappa shape index (κ2) is 10.1. The van der Waals surface area contributed by atoms with Crippen molar-refractivity contribution in [3.63, 3.8) is 0 Å². The lowest BCUT2D eigenvalue weighted by molar-refractivity contribution is 0.200. The molecule has 4 aromatic rings. The third-order valence-corrected chi connectivity index (χ3v) is 6.48. The first-order valence-electron chi connectivity index (χ1n) is 11.0. The second-order valence-electron chi connectivity index (χ2n) is 8.14. The highest BCUT2D eigenvalue weighted by molar-refractivity contribution is 7.07. The highest BCUT2D eigenvalue weighted by atomic mass is 32.1. The SMILES string of the molecule is C/C=C\C.Cc1c[nH]c(-c2nc(C3CCN(Cc4cscn4)CC3)n3ccnc(N)c23)c1. The Morgan fingerprint density at radius 2 is 2.00 bits per heavy atom. The minimum absolute atomic E-state index is 0.408. The van der Waals surface area contributed by atoms with Crippen molar-refractivity contribution in [2.45, 2.75) is 46.1 Å². The lowest BCUT2D eigenvalue weighted by Crippen LogP contribution is -2.33. The van der Waals surface area contributed by atoms with E-state index in [1.54, 1.807) is 17.5 Å². The number of allylic oxidation sites excluding steroid dienone is 2. The van der Waals surface area contributed by atoms with Gasteiger partial charge in [0.05, 0.1) is 16.9 Å². The molecule has 7 nitrogen and oxygen atoms in total. The molecule has 0 saturated carbocycles. The topological polar surface area (TPSA) is 88.1 Å². The highest BCUT2D eigenvalue weighted by Gasteiger charge is 2.27. The number of aryl methyl sites for hydroxylation is 1. The summed E-state index contributed by atoms with van der Waals surface area (Å²) in [4.78, 5) is 19.5. The molecule has 32 heavy (non-hydrogen) atoms. The largest absolute Gasteiger partial charge is 0.382 e. The van der Waals surface area contributed by atoms with Gasteiger partial charge >= 0.3 is 0 Å². The molecule has 0 atom stereocenters. The van der Waals surface area contributed by atoms with E-state index in [2.05, 4.69) is 42.6 Å². The second-order valence-corrected chi connectivity index (χ2v) is 8.86. The predicted octanol–water partition coefficient (Wildman–Crippen LogP) is 5.03. The molecule has 1 aliphatic rings. The summed E-state index contributed by atoms with van der Waals surface area (Å²) in [5, 5.41) is 2.13. The first-order valence-corrected chi connectivity index (χ1v) is 12.0. The van der Waals surface area contributed by atoms with E-state index in [0.717, 1.165) is 60.9 Å². The maximum absolute atomic E-state index is 6.24. The number of piperidine rings is 1. The molecule has 5 rings (SSSR count). The molecule has 0 bridgehead atoms. The zero-order valence-electron chi connectivity index (χ0n) is 19.0. The smallest absolute Gasteiger partial charge is 0.150 e. The molecule has 0 spiro atoms. The fraction of sp³-hybridized carbons (Fsp3) is 0.375. The normalized spacial score (nSPS) is 15.3. The number of nitrogens with two attached hydrogens (primary N) is 1. The van der Waals surface area contributed by atoms with E-state index in [1.807, 2.05) is 43.9 Å². The fourth-order valence-corrected chi connectivity index (χ4v) is 4.65. The van der Waals surface area contributed by atoms with Crippen LogP contribution in [0.15, 0.2) is 47.7 Å². The lowest BCUT2D eigenvalue weighted by Gasteiger charge is -2.30. The number of fused-ring (bicyclic) bond motifs is 1. The van der Waals surface area contributed by atoms with Gasteiger partial charge in [0.1, 0.15) is 22.9 Å². The van der Waals surface area contributed by atoms with Gasteiger partial charge in [-0.1, -0.05) is 12.2 Å². The average Bonchev–Trinajstić information content (AvgIpc) is 3.55. The highest BCUT2D eigenvalue weighted by Crippen LogP contribution is 2.34. The summed E-state index contributed by atoms with van der Waals surface area (Å²) in [5.41, 5.74) is 13.3. The summed E-state index contributed by atoms with van der Waals surface area (Å²) in [7, 11) is 0. The molecule has 5 heterocycles. The molecule has 1 saturated heterocycles. The van der Waals surface area contributed by atoms with Gasteiger partial charge in [0.2, 0.25) is 0 Å². The summed E-state index contributed by atoms with van der Waals surface area (Å²) in [6.07, 6.45) is 11.9. The summed E-state index contributed by atoms with van der Waals surface area (Å²) in [6, 6.07) is 2.11. The van der Waals surface area contributed by atoms with Crippen LogP contribution < -0.4 is 5.73 Å². The van der Waals surface area contributed by atoms with Crippen molar-refractivity contribution in [1.82, 2.24) is 29.2 Å². The Kier molecular flexibility index (Phi) is 7.02. The van der Waals surface area contributed by atoms with E-state index in [4.69, 9.17) is 10.7 Å². The fourth-order valence-electron chi connectivity index (χ4n) is 4.10. The summed E-state index contributed by atoms with van der Waals surface area (Å²) in [5.74, 6) is 2.01. The number of aromatic nitrogens is 5. The minimum atomic E-state index is 0.408. The van der Waals surface area contributed by atoms with Gasteiger partial charge in [0.15, 0.2) is 0 Å². The van der Waals surface area contributed by atoms with Crippen LogP contribution in [0.5, 0.6) is 0 Å². The van der Waals surface area contributed by atoms with E-state index >= 15 is 0 Å². The van der Waals surface area contributed by atoms with Gasteiger partial charge in [-0.2, -0.15) is 0 Å². The first kappa shape index (κ1) is 22.2. The number of hydrogen-bond donors (Lipinski definition) is 2. The molecule has 1 aliphatic heterocycles. The van der Waals surface area contributed by atoms with Crippen LogP contribution in [0, 0.1) is 6.92 Å². The number of anilines is 1. The summed E-state index contributed by atoms with van der Waals surface area (Å²) < 4.78 is 2.13. The molecular weight excluding hydrogens is 418 g/mol. The Morgan fingerprint density at radius 1 is 1.22 bits per heavy atom. The molecule has 0 radical (unpaired) electrons. The number of aromatic amines is 1. The van der Waals surface area contributed by atoms with Gasteiger partial charge in [-0.3, -0.25) is 9.30 Å². The number of rotatable bonds is 4. The van der Waals surface area contributed by atoms with Crippen LogP contribution in [0.4, 0.5) is 5.82 Å². The average molecular weight is 450 g/mol. The van der Waals surface area contributed by atoms with Crippen molar-refractivity contribution in [3.8, 4) is 11.4 Å². The number of nitrogens with one attached hydrogen (secondary N) is 1. The first-order chi connectivity index (χ1) is 15.6. The number of thiazole rings is 1. The van der Waals surface area contributed by atoms with Gasteiger partial charge in [-0.15, -0.1) is 11.3 Å². The van der Waals surface area contributed by atoms with Crippen LogP contribution in [-0.2, 0) is 6.54 Å². The van der Waals surface area contributed by atoms with Crippen LogP contribution in [0.25, 0.3) is 16.9 Å². The molecule has 4 aromatic heterocycles. The lowest BCUT2D eigenvalue weighted by atomic mass is 9.96. The molecule has 0 amide bonds. The minimum Gasteiger partial charge on any atom is -0.382 e. The number of imidazole rings is 1. The third kappa shape index (κ3) is 4.76. The van der Waals surface area contributed by atoms with E-state index in [1.165, 1.54) is 5.56 Å². The number of H-pyrrole nitrogens is 1. The molecule has 0 aliphatic carbocycles. The monoisotopic (exact) mass is 449 g/mol. The van der Waals surface area contributed by atoms with Gasteiger partial charge in [-0.25, -0.2) is 15.0 Å². The summed E-state index contributed by atoms with van der Waals surface area (Å²) >= 11 is 1.66. The van der Waals surface area contributed by atoms with Crippen molar-refractivity contribution in [3.05, 3.63) is 64.8 Å². The Labute approximate surface area is 193 Å². The van der Waals surface area contributed by atoms with Gasteiger partial charge < -0.3 is 10.7 Å². The standard InChI is InChI=1S/C20H23N7S.C4H8/c1-13-8-16(23-9-13)17-18-19(21)22-4-7-27(18)20(25-17)14-2-5-26(6-3-14)10-15-11-28-12-24-15;1-3-4-2/h4,7-9,11-12,14,23H,2-3,5-6,10H2,1H3,(H2,21,22);3-4H,1-2H3/b;4-3-. The molecule has 3 N–H and O–H groups in total. The molecule has 1 fully saturated rings.